The normalized spacial score (nSPS) is 9.96. The summed E-state index contributed by atoms with van der Waals surface area (Å²) in [5.41, 5.74) is -0.274. The summed E-state index contributed by atoms with van der Waals surface area (Å²) in [5.74, 6) is -1.20. The van der Waals surface area contributed by atoms with E-state index in [2.05, 4.69) is 15.5 Å². The summed E-state index contributed by atoms with van der Waals surface area (Å²) in [4.78, 5) is 33.6. The molecule has 0 saturated carbocycles. The number of anilines is 1. The number of aromatic amines is 1. The molecule has 0 atom stereocenters. The molecule has 0 saturated heterocycles. The van der Waals surface area contributed by atoms with Crippen molar-refractivity contribution >= 4 is 23.3 Å². The van der Waals surface area contributed by atoms with Crippen molar-refractivity contribution in [3.63, 3.8) is 0 Å². The third-order valence-electron chi connectivity index (χ3n) is 2.73. The lowest BCUT2D eigenvalue weighted by Gasteiger charge is -2.07. The fourth-order valence-corrected chi connectivity index (χ4v) is 1.66. The molecule has 0 bridgehead atoms. The van der Waals surface area contributed by atoms with E-state index in [-0.39, 0.29) is 22.8 Å². The molecule has 1 heterocycles. The minimum absolute atomic E-state index is 0.0293. The zero-order valence-corrected chi connectivity index (χ0v) is 11.9. The van der Waals surface area contributed by atoms with Crippen LogP contribution in [0.15, 0.2) is 30.5 Å². The van der Waals surface area contributed by atoms with Gasteiger partial charge in [0, 0.05) is 6.20 Å². The van der Waals surface area contributed by atoms with Gasteiger partial charge >= 0.3 is 5.97 Å². The number of ether oxygens (including phenoxy) is 2. The molecule has 0 spiro atoms. The van der Waals surface area contributed by atoms with Crippen LogP contribution in [0.5, 0.6) is 5.75 Å². The van der Waals surface area contributed by atoms with Gasteiger partial charge in [0.05, 0.1) is 18.1 Å². The van der Waals surface area contributed by atoms with E-state index < -0.39 is 23.4 Å². The number of H-pyrrole nitrogens is 1. The van der Waals surface area contributed by atoms with Gasteiger partial charge in [-0.05, 0) is 18.2 Å². The van der Waals surface area contributed by atoms with Crippen LogP contribution in [0, 0.1) is 10.1 Å². The van der Waals surface area contributed by atoms with Crippen LogP contribution in [0.25, 0.3) is 0 Å². The number of methoxy groups -OCH3 is 1. The number of hydrogen-bond acceptors (Lipinski definition) is 7. The summed E-state index contributed by atoms with van der Waals surface area (Å²) in [6.45, 7) is -0.596. The topological polar surface area (TPSA) is 136 Å². The van der Waals surface area contributed by atoms with Crippen molar-refractivity contribution in [3.05, 3.63) is 46.3 Å². The number of nitro benzene ring substituents is 1. The standard InChI is InChI=1S/C13H12N4O6/c1-22-8-2-3-9(11(6-8)17(20)21)15-12(18)7-23-13(19)10-4-5-14-16-10/h2-6H,7H2,1H3,(H,14,16)(H,15,18). The van der Waals surface area contributed by atoms with E-state index in [1.165, 1.54) is 37.6 Å². The van der Waals surface area contributed by atoms with Crippen LogP contribution in [-0.2, 0) is 9.53 Å². The predicted molar refractivity (Wildman–Crippen MR) is 77.1 cm³/mol. The number of benzene rings is 1. The van der Waals surface area contributed by atoms with Crippen LogP contribution in [0.3, 0.4) is 0 Å². The zero-order chi connectivity index (χ0) is 16.8. The SMILES string of the molecule is COc1ccc(NC(=O)COC(=O)c2ccn[nH]2)c([N+](=O)[O-])c1. The quantitative estimate of drug-likeness (QED) is 0.462. The zero-order valence-electron chi connectivity index (χ0n) is 11.9. The molecular weight excluding hydrogens is 308 g/mol. The number of amides is 1. The number of esters is 1. The number of hydrogen-bond donors (Lipinski definition) is 2. The van der Waals surface area contributed by atoms with E-state index in [0.29, 0.717) is 0 Å². The average Bonchev–Trinajstić information content (AvgIpc) is 3.07. The molecule has 10 nitrogen and oxygen atoms in total. The molecule has 0 aliphatic rings. The van der Waals surface area contributed by atoms with Gasteiger partial charge in [0.15, 0.2) is 6.61 Å². The molecule has 0 aliphatic carbocycles. The van der Waals surface area contributed by atoms with Crippen molar-refractivity contribution in [3.8, 4) is 5.75 Å². The first-order valence-corrected chi connectivity index (χ1v) is 6.30. The van der Waals surface area contributed by atoms with E-state index in [0.717, 1.165) is 0 Å². The molecule has 1 aromatic carbocycles. The minimum Gasteiger partial charge on any atom is -0.496 e. The number of carbonyl (C=O) groups is 2. The molecule has 10 heteroatoms. The highest BCUT2D eigenvalue weighted by molar-refractivity contribution is 5.96. The van der Waals surface area contributed by atoms with E-state index in [4.69, 9.17) is 9.47 Å². The van der Waals surface area contributed by atoms with Crippen LogP contribution in [0.4, 0.5) is 11.4 Å². The smallest absolute Gasteiger partial charge is 0.356 e. The summed E-state index contributed by atoms with van der Waals surface area (Å²) in [6, 6.07) is 5.34. The fraction of sp³-hybridized carbons (Fsp3) is 0.154. The van der Waals surface area contributed by atoms with Crippen LogP contribution < -0.4 is 10.1 Å². The van der Waals surface area contributed by atoms with Crippen molar-refractivity contribution in [2.75, 3.05) is 19.0 Å². The summed E-state index contributed by atoms with van der Waals surface area (Å²) in [7, 11) is 1.37. The maximum Gasteiger partial charge on any atom is 0.356 e. The second-order valence-electron chi connectivity index (χ2n) is 4.23. The summed E-state index contributed by atoms with van der Waals surface area (Å²) in [6.07, 6.45) is 1.36. The molecule has 2 rings (SSSR count). The fourth-order valence-electron chi connectivity index (χ4n) is 1.66. The Balaban J connectivity index is 2.00. The van der Waals surface area contributed by atoms with Crippen LogP contribution >= 0.6 is 0 Å². The first kappa shape index (κ1) is 15.9. The lowest BCUT2D eigenvalue weighted by Crippen LogP contribution is -2.21. The number of nitro groups is 1. The molecule has 0 aliphatic heterocycles. The number of nitrogens with one attached hydrogen (secondary N) is 2. The Labute approximate surface area is 129 Å². The monoisotopic (exact) mass is 320 g/mol. The highest BCUT2D eigenvalue weighted by atomic mass is 16.6. The molecule has 0 radical (unpaired) electrons. The lowest BCUT2D eigenvalue weighted by molar-refractivity contribution is -0.384. The van der Waals surface area contributed by atoms with Crippen molar-refractivity contribution in [2.24, 2.45) is 0 Å². The Hall–Kier alpha value is -3.43. The van der Waals surface area contributed by atoms with E-state index in [1.54, 1.807) is 0 Å². The number of aromatic nitrogens is 2. The third-order valence-corrected chi connectivity index (χ3v) is 2.73. The van der Waals surface area contributed by atoms with Gasteiger partial charge in [0.2, 0.25) is 0 Å². The highest BCUT2D eigenvalue weighted by Gasteiger charge is 2.18. The van der Waals surface area contributed by atoms with E-state index in [9.17, 15) is 19.7 Å². The van der Waals surface area contributed by atoms with Gasteiger partial charge in [0.25, 0.3) is 11.6 Å². The molecule has 0 unspecified atom stereocenters. The van der Waals surface area contributed by atoms with Crippen molar-refractivity contribution in [1.29, 1.82) is 0 Å². The van der Waals surface area contributed by atoms with Gasteiger partial charge in [-0.1, -0.05) is 0 Å². The van der Waals surface area contributed by atoms with Crippen LogP contribution in [0.2, 0.25) is 0 Å². The molecule has 120 valence electrons. The lowest BCUT2D eigenvalue weighted by atomic mass is 10.2. The second kappa shape index (κ2) is 7.02. The molecule has 2 N–H and O–H groups in total. The molecule has 0 fully saturated rings. The first-order chi connectivity index (χ1) is 11.0. The maximum atomic E-state index is 11.7. The number of rotatable bonds is 6. The third kappa shape index (κ3) is 4.03. The van der Waals surface area contributed by atoms with Crippen molar-refractivity contribution in [1.82, 2.24) is 10.2 Å². The Morgan fingerprint density at radius 3 is 2.78 bits per heavy atom. The number of carbonyl (C=O) groups excluding carboxylic acids is 2. The first-order valence-electron chi connectivity index (χ1n) is 6.30. The Morgan fingerprint density at radius 2 is 2.17 bits per heavy atom. The van der Waals surface area contributed by atoms with Gasteiger partial charge in [0.1, 0.15) is 17.1 Å². The summed E-state index contributed by atoms with van der Waals surface area (Å²) < 4.78 is 9.64. The predicted octanol–water partition coefficient (Wildman–Crippen LogP) is 1.12. The van der Waals surface area contributed by atoms with Crippen molar-refractivity contribution < 1.29 is 24.0 Å². The molecule has 1 amide bonds. The Kier molecular flexibility index (Phi) is 4.87. The summed E-state index contributed by atoms with van der Waals surface area (Å²) >= 11 is 0. The van der Waals surface area contributed by atoms with Gasteiger partial charge in [-0.15, -0.1) is 0 Å². The van der Waals surface area contributed by atoms with Gasteiger partial charge in [-0.3, -0.25) is 20.0 Å². The maximum absolute atomic E-state index is 11.7. The number of nitrogens with zero attached hydrogens (tertiary/aromatic N) is 2. The van der Waals surface area contributed by atoms with Gasteiger partial charge in [-0.2, -0.15) is 5.10 Å². The van der Waals surface area contributed by atoms with Crippen LogP contribution in [0.1, 0.15) is 10.5 Å². The van der Waals surface area contributed by atoms with E-state index in [1.807, 2.05) is 0 Å². The Bertz CT molecular complexity index is 728. The highest BCUT2D eigenvalue weighted by Crippen LogP contribution is 2.28. The van der Waals surface area contributed by atoms with Crippen molar-refractivity contribution in [2.45, 2.75) is 0 Å². The summed E-state index contributed by atoms with van der Waals surface area (Å²) in [5, 5.41) is 19.3. The molecule has 2 aromatic rings. The Morgan fingerprint density at radius 1 is 1.39 bits per heavy atom. The largest absolute Gasteiger partial charge is 0.496 e. The molecule has 1 aromatic heterocycles. The second-order valence-corrected chi connectivity index (χ2v) is 4.23. The van der Waals surface area contributed by atoms with Gasteiger partial charge < -0.3 is 14.8 Å². The van der Waals surface area contributed by atoms with Crippen LogP contribution in [-0.4, -0.2) is 40.7 Å². The molecule has 23 heavy (non-hydrogen) atoms. The minimum atomic E-state index is -0.762. The van der Waals surface area contributed by atoms with E-state index >= 15 is 0 Å². The van der Waals surface area contributed by atoms with Gasteiger partial charge in [-0.25, -0.2) is 4.79 Å². The average molecular weight is 320 g/mol. The molecular formula is C13H12N4O6.